The number of carbonyl (C=O) groups excluding carboxylic acids is 1. The van der Waals surface area contributed by atoms with Gasteiger partial charge in [-0.3, -0.25) is 4.79 Å². The summed E-state index contributed by atoms with van der Waals surface area (Å²) in [5, 5.41) is 3.67. The number of nitrogens with one attached hydrogen (secondary N) is 1. The number of hydrogen-bond acceptors (Lipinski definition) is 3. The van der Waals surface area contributed by atoms with Gasteiger partial charge in [0.1, 0.15) is 5.75 Å². The zero-order valence-corrected chi connectivity index (χ0v) is 13.4. The van der Waals surface area contributed by atoms with Crippen LogP contribution >= 0.6 is 0 Å². The van der Waals surface area contributed by atoms with Crippen molar-refractivity contribution in [3.63, 3.8) is 0 Å². The Morgan fingerprint density at radius 3 is 2.59 bits per heavy atom. The molecule has 0 unspecified atom stereocenters. The van der Waals surface area contributed by atoms with Gasteiger partial charge in [0.05, 0.1) is 7.11 Å². The molecule has 4 nitrogen and oxygen atoms in total. The molecule has 1 N–H and O–H groups in total. The fraction of sp³-hybridized carbons (Fsp3) is 0.611. The highest BCUT2D eigenvalue weighted by molar-refractivity contribution is 5.79. The number of hydrogen-bond donors (Lipinski definition) is 1. The van der Waals surface area contributed by atoms with E-state index < -0.39 is 0 Å². The van der Waals surface area contributed by atoms with Gasteiger partial charge in [0.2, 0.25) is 5.91 Å². The first-order chi connectivity index (χ1) is 10.7. The van der Waals surface area contributed by atoms with E-state index in [-0.39, 0.29) is 0 Å². The van der Waals surface area contributed by atoms with E-state index >= 15 is 0 Å². The molecule has 2 fully saturated rings. The number of carbonyl (C=O) groups is 1. The van der Waals surface area contributed by atoms with Crippen molar-refractivity contribution in [1.82, 2.24) is 10.2 Å². The first kappa shape index (κ1) is 15.3. The molecule has 0 bridgehead atoms. The summed E-state index contributed by atoms with van der Waals surface area (Å²) in [5.41, 5.74) is 1.25. The van der Waals surface area contributed by atoms with Crippen LogP contribution in [0.3, 0.4) is 0 Å². The van der Waals surface area contributed by atoms with Crippen molar-refractivity contribution < 1.29 is 9.53 Å². The number of methoxy groups -OCH3 is 1. The van der Waals surface area contributed by atoms with E-state index in [9.17, 15) is 4.79 Å². The number of benzene rings is 1. The summed E-state index contributed by atoms with van der Waals surface area (Å²) >= 11 is 0. The average Bonchev–Trinajstić information content (AvgIpc) is 3.16. The van der Waals surface area contributed by atoms with Crippen LogP contribution in [0.15, 0.2) is 24.3 Å². The number of amides is 1. The van der Waals surface area contributed by atoms with Crippen LogP contribution in [0.2, 0.25) is 0 Å². The zero-order chi connectivity index (χ0) is 15.4. The van der Waals surface area contributed by atoms with E-state index in [0.717, 1.165) is 25.3 Å². The summed E-state index contributed by atoms with van der Waals surface area (Å²) in [6, 6.07) is 9.10. The quantitative estimate of drug-likeness (QED) is 0.877. The van der Waals surface area contributed by atoms with Crippen molar-refractivity contribution in [3.05, 3.63) is 29.8 Å². The molecule has 0 radical (unpaired) electrons. The minimum atomic E-state index is 0.295. The van der Waals surface area contributed by atoms with Crippen LogP contribution in [-0.2, 0) is 11.2 Å². The molecule has 1 saturated carbocycles. The second kappa shape index (κ2) is 7.14. The lowest BCUT2D eigenvalue weighted by Crippen LogP contribution is -2.39. The smallest absolute Gasteiger partial charge is 0.224 e. The Kier molecular flexibility index (Phi) is 4.98. The molecular weight excluding hydrogens is 276 g/mol. The van der Waals surface area contributed by atoms with Crippen molar-refractivity contribution in [2.45, 2.75) is 50.6 Å². The predicted octanol–water partition coefficient (Wildman–Crippen LogP) is 2.37. The Morgan fingerprint density at radius 1 is 1.18 bits per heavy atom. The van der Waals surface area contributed by atoms with Gasteiger partial charge in [0.25, 0.3) is 0 Å². The van der Waals surface area contributed by atoms with Gasteiger partial charge in [-0.25, -0.2) is 0 Å². The van der Waals surface area contributed by atoms with Crippen LogP contribution in [0.4, 0.5) is 0 Å². The molecule has 1 heterocycles. The fourth-order valence-electron chi connectivity index (χ4n) is 3.58. The van der Waals surface area contributed by atoms with E-state index in [2.05, 4.69) is 17.4 Å². The largest absolute Gasteiger partial charge is 0.497 e. The molecule has 1 atom stereocenters. The first-order valence-corrected chi connectivity index (χ1v) is 8.41. The topological polar surface area (TPSA) is 41.6 Å². The fourth-order valence-corrected chi connectivity index (χ4v) is 3.58. The van der Waals surface area contributed by atoms with E-state index in [1.165, 1.54) is 31.2 Å². The Hall–Kier alpha value is -1.55. The van der Waals surface area contributed by atoms with Crippen molar-refractivity contribution >= 4 is 5.91 Å². The minimum Gasteiger partial charge on any atom is -0.497 e. The van der Waals surface area contributed by atoms with Crippen molar-refractivity contribution in [1.29, 1.82) is 0 Å². The number of likely N-dealkylation sites (tertiary alicyclic amines) is 1. The summed E-state index contributed by atoms with van der Waals surface area (Å²) in [5.74, 6) is 1.17. The van der Waals surface area contributed by atoms with Gasteiger partial charge in [0.15, 0.2) is 0 Å². The molecule has 1 aromatic rings. The standard InChI is InChI=1S/C18H26N2O2/c1-22-17-8-6-14(7-9-17)10-11-20-13-16(12-18(20)21)19-15-4-2-3-5-15/h6-9,15-16,19H,2-5,10-13H2,1H3/t16-/m0/s1. The van der Waals surface area contributed by atoms with Crippen LogP contribution < -0.4 is 10.1 Å². The molecule has 1 saturated heterocycles. The lowest BCUT2D eigenvalue weighted by atomic mass is 10.1. The second-order valence-corrected chi connectivity index (χ2v) is 6.49. The van der Waals surface area contributed by atoms with Gasteiger partial charge in [-0.1, -0.05) is 25.0 Å². The van der Waals surface area contributed by atoms with Gasteiger partial charge in [-0.2, -0.15) is 0 Å². The second-order valence-electron chi connectivity index (χ2n) is 6.49. The Bertz CT molecular complexity index is 494. The van der Waals surface area contributed by atoms with Gasteiger partial charge >= 0.3 is 0 Å². The first-order valence-electron chi connectivity index (χ1n) is 8.41. The summed E-state index contributed by atoms with van der Waals surface area (Å²) in [7, 11) is 1.68. The molecule has 120 valence electrons. The molecule has 4 heteroatoms. The van der Waals surface area contributed by atoms with Crippen molar-refractivity contribution in [2.24, 2.45) is 0 Å². The maximum absolute atomic E-state index is 12.1. The van der Waals surface area contributed by atoms with Crippen molar-refractivity contribution in [3.8, 4) is 5.75 Å². The highest BCUT2D eigenvalue weighted by atomic mass is 16.5. The molecule has 1 aromatic carbocycles. The third-order valence-electron chi connectivity index (χ3n) is 4.87. The molecule has 1 aliphatic carbocycles. The van der Waals surface area contributed by atoms with E-state index in [1.54, 1.807) is 7.11 Å². The molecule has 22 heavy (non-hydrogen) atoms. The third kappa shape index (κ3) is 3.80. The monoisotopic (exact) mass is 302 g/mol. The Balaban J connectivity index is 1.46. The normalized spacial score (nSPS) is 22.5. The summed E-state index contributed by atoms with van der Waals surface area (Å²) in [4.78, 5) is 14.2. The Morgan fingerprint density at radius 2 is 1.91 bits per heavy atom. The molecule has 2 aliphatic rings. The predicted molar refractivity (Wildman–Crippen MR) is 87.1 cm³/mol. The highest BCUT2D eigenvalue weighted by Crippen LogP contribution is 2.21. The van der Waals surface area contributed by atoms with Crippen LogP contribution in [0.1, 0.15) is 37.7 Å². The lowest BCUT2D eigenvalue weighted by Gasteiger charge is -2.19. The summed E-state index contributed by atoms with van der Waals surface area (Å²) in [6.07, 6.45) is 6.79. The van der Waals surface area contributed by atoms with Crippen LogP contribution in [0.5, 0.6) is 5.75 Å². The molecule has 0 aromatic heterocycles. The van der Waals surface area contributed by atoms with Gasteiger partial charge in [0, 0.05) is 31.6 Å². The number of rotatable bonds is 6. The Labute approximate surface area is 132 Å². The third-order valence-corrected chi connectivity index (χ3v) is 4.87. The lowest BCUT2D eigenvalue weighted by molar-refractivity contribution is -0.127. The minimum absolute atomic E-state index is 0.295. The molecule has 0 spiro atoms. The molecular formula is C18H26N2O2. The van der Waals surface area contributed by atoms with Crippen LogP contribution in [0, 0.1) is 0 Å². The van der Waals surface area contributed by atoms with Gasteiger partial charge in [-0.05, 0) is 37.0 Å². The van der Waals surface area contributed by atoms with Gasteiger partial charge < -0.3 is 15.0 Å². The maximum atomic E-state index is 12.1. The van der Waals surface area contributed by atoms with Crippen LogP contribution in [-0.4, -0.2) is 43.1 Å². The number of nitrogens with zero attached hydrogens (tertiary/aromatic N) is 1. The van der Waals surface area contributed by atoms with Gasteiger partial charge in [-0.15, -0.1) is 0 Å². The van der Waals surface area contributed by atoms with Crippen molar-refractivity contribution in [2.75, 3.05) is 20.2 Å². The highest BCUT2D eigenvalue weighted by Gasteiger charge is 2.31. The van der Waals surface area contributed by atoms with E-state index in [0.29, 0.717) is 24.4 Å². The summed E-state index contributed by atoms with van der Waals surface area (Å²) in [6.45, 7) is 1.68. The maximum Gasteiger partial charge on any atom is 0.224 e. The molecule has 3 rings (SSSR count). The number of ether oxygens (including phenoxy) is 1. The average molecular weight is 302 g/mol. The van der Waals surface area contributed by atoms with Crippen LogP contribution in [0.25, 0.3) is 0 Å². The summed E-state index contributed by atoms with van der Waals surface area (Å²) < 4.78 is 5.17. The molecule has 1 amide bonds. The molecule has 1 aliphatic heterocycles. The SMILES string of the molecule is COc1ccc(CCN2C[C@@H](NC3CCCC3)CC2=O)cc1. The van der Waals surface area contributed by atoms with E-state index in [4.69, 9.17) is 4.74 Å². The zero-order valence-electron chi connectivity index (χ0n) is 13.4. The van der Waals surface area contributed by atoms with E-state index in [1.807, 2.05) is 17.0 Å².